The second-order valence-electron chi connectivity index (χ2n) is 2.57. The number of nitrogen functional groups attached to an aromatic ring is 1. The molecule has 2 N–H and O–H groups in total. The molecule has 0 saturated heterocycles. The van der Waals surface area contributed by atoms with E-state index in [9.17, 15) is 10.1 Å². The third kappa shape index (κ3) is 1.85. The lowest BCUT2D eigenvalue weighted by molar-refractivity contribution is -0.384. The minimum atomic E-state index is -0.653. The van der Waals surface area contributed by atoms with Gasteiger partial charge in [-0.05, 0) is 15.9 Å². The topological polar surface area (TPSA) is 102 Å². The van der Waals surface area contributed by atoms with Gasteiger partial charge in [-0.25, -0.2) is 0 Å². The van der Waals surface area contributed by atoms with Crippen LogP contribution in [0, 0.1) is 21.4 Å². The van der Waals surface area contributed by atoms with Gasteiger partial charge in [0.25, 0.3) is 0 Å². The molecule has 1 aromatic rings. The highest BCUT2D eigenvalue weighted by atomic mass is 79.9. The van der Waals surface area contributed by atoms with Crippen LogP contribution in [-0.4, -0.2) is 12.0 Å². The number of anilines is 1. The number of nitro benzene ring substituents is 1. The summed E-state index contributed by atoms with van der Waals surface area (Å²) in [5, 5.41) is 19.4. The van der Waals surface area contributed by atoms with Gasteiger partial charge in [-0.2, -0.15) is 5.26 Å². The van der Waals surface area contributed by atoms with E-state index < -0.39 is 4.92 Å². The number of rotatable bonds is 2. The first-order chi connectivity index (χ1) is 7.02. The van der Waals surface area contributed by atoms with Crippen LogP contribution in [0.15, 0.2) is 10.5 Å². The summed E-state index contributed by atoms with van der Waals surface area (Å²) < 4.78 is 5.06. The minimum Gasteiger partial charge on any atom is -0.495 e. The number of nitrogens with two attached hydrogens (primary N) is 1. The molecule has 0 aliphatic carbocycles. The largest absolute Gasteiger partial charge is 0.495 e. The summed E-state index contributed by atoms with van der Waals surface area (Å²) in [6.07, 6.45) is 0. The molecule has 6 nitrogen and oxygen atoms in total. The Morgan fingerprint density at radius 3 is 2.73 bits per heavy atom. The van der Waals surface area contributed by atoms with Crippen molar-refractivity contribution in [3.05, 3.63) is 26.2 Å². The first-order valence-corrected chi connectivity index (χ1v) is 4.52. The Morgan fingerprint density at radius 2 is 2.33 bits per heavy atom. The van der Waals surface area contributed by atoms with Crippen LogP contribution in [0.1, 0.15) is 5.56 Å². The van der Waals surface area contributed by atoms with Crippen LogP contribution in [0.4, 0.5) is 11.4 Å². The van der Waals surface area contributed by atoms with Gasteiger partial charge >= 0.3 is 5.69 Å². The van der Waals surface area contributed by atoms with E-state index in [0.717, 1.165) is 0 Å². The number of methoxy groups -OCH3 is 1. The van der Waals surface area contributed by atoms with Gasteiger partial charge in [0.05, 0.1) is 12.0 Å². The van der Waals surface area contributed by atoms with Crippen molar-refractivity contribution in [3.63, 3.8) is 0 Å². The van der Waals surface area contributed by atoms with Gasteiger partial charge in [0.1, 0.15) is 27.5 Å². The third-order valence-corrected chi connectivity index (χ3v) is 2.37. The second-order valence-corrected chi connectivity index (χ2v) is 3.42. The number of nitriles is 1. The predicted octanol–water partition coefficient (Wildman–Crippen LogP) is 1.82. The first-order valence-electron chi connectivity index (χ1n) is 3.73. The summed E-state index contributed by atoms with van der Waals surface area (Å²) in [4.78, 5) is 10.0. The van der Waals surface area contributed by atoms with E-state index >= 15 is 0 Å². The SMILES string of the molecule is COc1cc(Br)c([N+](=O)[O-])c(N)c1C#N. The van der Waals surface area contributed by atoms with E-state index in [4.69, 9.17) is 15.7 Å². The van der Waals surface area contributed by atoms with E-state index in [1.165, 1.54) is 13.2 Å². The number of hydrogen-bond donors (Lipinski definition) is 1. The van der Waals surface area contributed by atoms with E-state index in [0.29, 0.717) is 0 Å². The highest BCUT2D eigenvalue weighted by molar-refractivity contribution is 9.10. The average molecular weight is 272 g/mol. The molecule has 0 heterocycles. The highest BCUT2D eigenvalue weighted by Gasteiger charge is 2.23. The van der Waals surface area contributed by atoms with E-state index in [-0.39, 0.29) is 27.2 Å². The fourth-order valence-electron chi connectivity index (χ4n) is 1.10. The van der Waals surface area contributed by atoms with Crippen molar-refractivity contribution in [2.75, 3.05) is 12.8 Å². The molecule has 78 valence electrons. The summed E-state index contributed by atoms with van der Waals surface area (Å²) in [5.41, 5.74) is 4.94. The summed E-state index contributed by atoms with van der Waals surface area (Å²) in [6, 6.07) is 3.10. The molecule has 1 aromatic carbocycles. The average Bonchev–Trinajstić information content (AvgIpc) is 2.16. The number of nitrogens with zero attached hydrogens (tertiary/aromatic N) is 2. The minimum absolute atomic E-state index is 0.0348. The quantitative estimate of drug-likeness (QED) is 0.502. The van der Waals surface area contributed by atoms with Crippen molar-refractivity contribution >= 4 is 27.3 Å². The summed E-state index contributed by atoms with van der Waals surface area (Å²) >= 11 is 2.99. The van der Waals surface area contributed by atoms with Crippen LogP contribution in [0.25, 0.3) is 0 Å². The van der Waals surface area contributed by atoms with Gasteiger partial charge < -0.3 is 10.5 Å². The Balaban J connectivity index is 3.61. The van der Waals surface area contributed by atoms with Crippen LogP contribution in [0.3, 0.4) is 0 Å². The number of hydrogen-bond acceptors (Lipinski definition) is 5. The van der Waals surface area contributed by atoms with Crippen molar-refractivity contribution in [3.8, 4) is 11.8 Å². The third-order valence-electron chi connectivity index (χ3n) is 1.77. The van der Waals surface area contributed by atoms with E-state index in [1.807, 2.05) is 0 Å². The Hall–Kier alpha value is -1.81. The highest BCUT2D eigenvalue weighted by Crippen LogP contribution is 2.38. The molecule has 0 aromatic heterocycles. The van der Waals surface area contributed by atoms with Crippen LogP contribution in [-0.2, 0) is 0 Å². The zero-order valence-corrected chi connectivity index (χ0v) is 9.24. The molecule has 0 atom stereocenters. The summed E-state index contributed by atoms with van der Waals surface area (Å²) in [5.74, 6) is 0.201. The Bertz CT molecular complexity index is 467. The lowest BCUT2D eigenvalue weighted by Gasteiger charge is -2.07. The van der Waals surface area contributed by atoms with Crippen LogP contribution in [0.5, 0.6) is 5.75 Å². The molecule has 7 heteroatoms. The lowest BCUT2D eigenvalue weighted by atomic mass is 10.1. The summed E-state index contributed by atoms with van der Waals surface area (Å²) in [6.45, 7) is 0. The number of ether oxygens (including phenoxy) is 1. The van der Waals surface area contributed by atoms with Crippen LogP contribution >= 0.6 is 15.9 Å². The maximum atomic E-state index is 10.7. The molecule has 0 amide bonds. The van der Waals surface area contributed by atoms with Gasteiger partial charge in [-0.1, -0.05) is 0 Å². The van der Waals surface area contributed by atoms with Crippen molar-refractivity contribution in [2.45, 2.75) is 0 Å². The molecule has 0 bridgehead atoms. The molecular weight excluding hydrogens is 266 g/mol. The standard InChI is InChI=1S/C8H6BrN3O3/c1-15-6-2-5(9)8(12(13)14)7(11)4(6)3-10/h2H,11H2,1H3. The van der Waals surface area contributed by atoms with Crippen molar-refractivity contribution in [2.24, 2.45) is 0 Å². The Labute approximate surface area is 93.5 Å². The number of benzene rings is 1. The smallest absolute Gasteiger partial charge is 0.307 e. The molecule has 0 spiro atoms. The maximum Gasteiger partial charge on any atom is 0.307 e. The fourth-order valence-corrected chi connectivity index (χ4v) is 1.66. The van der Waals surface area contributed by atoms with Gasteiger partial charge in [0, 0.05) is 6.07 Å². The van der Waals surface area contributed by atoms with Crippen molar-refractivity contribution in [1.29, 1.82) is 5.26 Å². The lowest BCUT2D eigenvalue weighted by Crippen LogP contribution is -2.01. The number of nitro groups is 1. The normalized spacial score (nSPS) is 9.40. The number of halogens is 1. The van der Waals surface area contributed by atoms with Crippen LogP contribution < -0.4 is 10.5 Å². The van der Waals surface area contributed by atoms with Gasteiger partial charge in [0.2, 0.25) is 0 Å². The Morgan fingerprint density at radius 1 is 1.73 bits per heavy atom. The van der Waals surface area contributed by atoms with E-state index in [1.54, 1.807) is 6.07 Å². The molecule has 0 radical (unpaired) electrons. The fraction of sp³-hybridized carbons (Fsp3) is 0.125. The molecule has 0 unspecified atom stereocenters. The van der Waals surface area contributed by atoms with Gasteiger partial charge in [0.15, 0.2) is 0 Å². The molecular formula is C8H6BrN3O3. The van der Waals surface area contributed by atoms with Gasteiger partial charge in [-0.15, -0.1) is 0 Å². The molecule has 0 saturated carbocycles. The van der Waals surface area contributed by atoms with Gasteiger partial charge in [-0.3, -0.25) is 10.1 Å². The molecule has 15 heavy (non-hydrogen) atoms. The van der Waals surface area contributed by atoms with E-state index in [2.05, 4.69) is 15.9 Å². The first kappa shape index (κ1) is 11.3. The second kappa shape index (κ2) is 4.14. The zero-order valence-electron chi connectivity index (χ0n) is 7.65. The molecule has 1 rings (SSSR count). The maximum absolute atomic E-state index is 10.7. The molecule has 0 aliphatic heterocycles. The molecule has 0 aliphatic rings. The van der Waals surface area contributed by atoms with Crippen molar-refractivity contribution < 1.29 is 9.66 Å². The zero-order chi connectivity index (χ0) is 11.6. The van der Waals surface area contributed by atoms with Crippen LogP contribution in [0.2, 0.25) is 0 Å². The van der Waals surface area contributed by atoms with Crippen molar-refractivity contribution in [1.82, 2.24) is 0 Å². The molecule has 0 fully saturated rings. The summed E-state index contributed by atoms with van der Waals surface area (Å²) in [7, 11) is 1.36. The monoisotopic (exact) mass is 271 g/mol. The predicted molar refractivity (Wildman–Crippen MR) is 56.5 cm³/mol. The Kier molecular flexibility index (Phi) is 3.11.